The number of rotatable bonds is 3. The summed E-state index contributed by atoms with van der Waals surface area (Å²) in [7, 11) is -2.63. The van der Waals surface area contributed by atoms with Crippen LogP contribution < -0.4 is 37.2 Å². The van der Waals surface area contributed by atoms with Crippen LogP contribution in [0.25, 0.3) is 0 Å². The fourth-order valence-corrected chi connectivity index (χ4v) is 48.9. The zero-order valence-electron chi connectivity index (χ0n) is 12.9. The molecule has 0 amide bonds. The van der Waals surface area contributed by atoms with Crippen molar-refractivity contribution in [2.45, 2.75) is 52.6 Å². The van der Waals surface area contributed by atoms with Crippen molar-refractivity contribution in [3.63, 3.8) is 0 Å². The zero-order chi connectivity index (χ0) is 12.7. The predicted octanol–water partition coefficient (Wildman–Crippen LogP) is -5.25. The maximum Gasteiger partial charge on any atom is -1.00 e. The first kappa shape index (κ1) is 25.5. The van der Waals surface area contributed by atoms with Crippen molar-refractivity contribution < 1.29 is 54.6 Å². The van der Waals surface area contributed by atoms with Crippen LogP contribution in [0.1, 0.15) is 13.3 Å². The van der Waals surface area contributed by atoms with Crippen LogP contribution in [-0.2, 0) is 17.4 Å². The molecule has 0 nitrogen and oxygen atoms in total. The van der Waals surface area contributed by atoms with E-state index in [9.17, 15) is 0 Å². The van der Waals surface area contributed by atoms with Gasteiger partial charge in [-0.3, -0.25) is 0 Å². The van der Waals surface area contributed by atoms with Gasteiger partial charge in [0.15, 0.2) is 0 Å². The first-order valence-corrected chi connectivity index (χ1v) is 18.0. The van der Waals surface area contributed by atoms with Crippen LogP contribution in [0.5, 0.6) is 0 Å². The maximum absolute atomic E-state index is 2.86. The van der Waals surface area contributed by atoms with Crippen LogP contribution in [0, 0.1) is 0 Å². The second kappa shape index (κ2) is 8.89. The van der Waals surface area contributed by atoms with E-state index in [1.165, 1.54) is 6.42 Å². The second-order valence-electron chi connectivity index (χ2n) is 7.16. The molecule has 111 valence electrons. The summed E-state index contributed by atoms with van der Waals surface area (Å²) in [5.74, 6) is 0. The Kier molecular flexibility index (Phi) is 11.9. The minimum Gasteiger partial charge on any atom is -1.00 e. The van der Waals surface area contributed by atoms with Gasteiger partial charge in [0.1, 0.15) is 0 Å². The molecule has 0 aromatic heterocycles. The largest absolute Gasteiger partial charge is 1.00 e. The van der Waals surface area contributed by atoms with Gasteiger partial charge in [0.2, 0.25) is 0 Å². The zero-order valence-corrected chi connectivity index (χ0v) is 19.8. The molecule has 0 aromatic carbocycles. The van der Waals surface area contributed by atoms with Crippen LogP contribution in [0.4, 0.5) is 0 Å². The van der Waals surface area contributed by atoms with Gasteiger partial charge in [0.05, 0.1) is 0 Å². The van der Waals surface area contributed by atoms with Gasteiger partial charge in [-0.2, -0.15) is 0 Å². The Bertz CT molecular complexity index is 340. The van der Waals surface area contributed by atoms with Crippen molar-refractivity contribution in [1.82, 2.24) is 0 Å². The molecule has 0 radical (unpaired) electrons. The molecule has 1 rings (SSSR count). The number of hydrogen-bond donors (Lipinski definition) is 0. The fourth-order valence-electron chi connectivity index (χ4n) is 3.19. The van der Waals surface area contributed by atoms with Gasteiger partial charge in [0, 0.05) is 0 Å². The summed E-state index contributed by atoms with van der Waals surface area (Å²) >= 11 is 2.86. The SMILES string of the molecule is CC1=[C]([V+3])C([SiH]([Si](C)(C)C)[Si](C)(C)C)=CC1.[Cl-].[Cl-].[Cl-]. The van der Waals surface area contributed by atoms with Crippen LogP contribution in [-0.4, -0.2) is 23.0 Å². The molecule has 0 unspecified atom stereocenters. The second-order valence-corrected chi connectivity index (χ2v) is 34.4. The molecule has 19 heavy (non-hydrogen) atoms. The first-order chi connectivity index (χ1) is 7.05. The van der Waals surface area contributed by atoms with Crippen LogP contribution in [0.3, 0.4) is 0 Å². The third-order valence-electron chi connectivity index (χ3n) is 3.35. The summed E-state index contributed by atoms with van der Waals surface area (Å²) < 4.78 is 1.61. The third kappa shape index (κ3) is 6.47. The molecule has 0 aliphatic heterocycles. The third-order valence-corrected chi connectivity index (χ3v) is 37.2. The van der Waals surface area contributed by atoms with E-state index in [2.05, 4.69) is 69.7 Å². The smallest absolute Gasteiger partial charge is 1.00 e. The number of allylic oxidation sites excluding steroid dienone is 4. The van der Waals surface area contributed by atoms with E-state index in [1.54, 1.807) is 9.86 Å². The normalized spacial score (nSPS) is 15.6. The summed E-state index contributed by atoms with van der Waals surface area (Å²) in [6, 6.07) is 0. The minimum absolute atomic E-state index is 0. The molecule has 0 atom stereocenters. The molecule has 0 spiro atoms. The summed E-state index contributed by atoms with van der Waals surface area (Å²) in [6.07, 6.45) is 3.79. The van der Waals surface area contributed by atoms with Crippen molar-refractivity contribution in [2.75, 3.05) is 0 Å². The molecule has 0 saturated heterocycles. The minimum atomic E-state index is -0.970. The molecule has 0 bridgehead atoms. The van der Waals surface area contributed by atoms with Gasteiger partial charge >= 0.3 is 114 Å². The van der Waals surface area contributed by atoms with Crippen molar-refractivity contribution in [3.8, 4) is 0 Å². The Balaban J connectivity index is -0.000000853. The van der Waals surface area contributed by atoms with Gasteiger partial charge in [-0.25, -0.2) is 0 Å². The Morgan fingerprint density at radius 1 is 0.947 bits per heavy atom. The van der Waals surface area contributed by atoms with E-state index in [0.29, 0.717) is 0 Å². The average Bonchev–Trinajstić information content (AvgIpc) is 2.31. The molecule has 1 aliphatic rings. The molecule has 0 heterocycles. The van der Waals surface area contributed by atoms with Gasteiger partial charge < -0.3 is 37.2 Å². The molecule has 7 heteroatoms. The molecule has 0 saturated carbocycles. The predicted molar refractivity (Wildman–Crippen MR) is 79.2 cm³/mol. The van der Waals surface area contributed by atoms with E-state index >= 15 is 0 Å². The van der Waals surface area contributed by atoms with Crippen molar-refractivity contribution in [3.05, 3.63) is 21.1 Å². The van der Waals surface area contributed by atoms with E-state index in [4.69, 9.17) is 0 Å². The van der Waals surface area contributed by atoms with Crippen molar-refractivity contribution in [2.24, 2.45) is 0 Å². The van der Waals surface area contributed by atoms with Crippen LogP contribution >= 0.6 is 0 Å². The summed E-state index contributed by atoms with van der Waals surface area (Å²) in [5, 5.41) is 1.83. The van der Waals surface area contributed by atoms with Crippen LogP contribution in [0.15, 0.2) is 21.1 Å². The van der Waals surface area contributed by atoms with E-state index < -0.39 is 23.0 Å². The Morgan fingerprint density at radius 2 is 1.32 bits per heavy atom. The van der Waals surface area contributed by atoms with Crippen LogP contribution in [0.2, 0.25) is 39.3 Å². The topological polar surface area (TPSA) is 0 Å². The molecule has 1 aliphatic carbocycles. The van der Waals surface area contributed by atoms with Gasteiger partial charge in [-0.15, -0.1) is 0 Å². The summed E-state index contributed by atoms with van der Waals surface area (Å²) in [5.41, 5.74) is 1.60. The molecule has 0 fully saturated rings. The first-order valence-electron chi connectivity index (χ1n) is 6.14. The van der Waals surface area contributed by atoms with E-state index in [-0.39, 0.29) is 37.2 Å². The van der Waals surface area contributed by atoms with Crippen molar-refractivity contribution >= 4 is 23.0 Å². The van der Waals surface area contributed by atoms with Gasteiger partial charge in [0.25, 0.3) is 0 Å². The fraction of sp³-hybridized carbons (Fsp3) is 0.667. The summed E-state index contributed by atoms with van der Waals surface area (Å²) in [6.45, 7) is 17.9. The maximum atomic E-state index is 2.86. The van der Waals surface area contributed by atoms with Gasteiger partial charge in [-0.05, 0) is 0 Å². The molecular weight excluding hydrogens is 386 g/mol. The number of halogens is 3. The Hall–Kier alpha value is 1.59. The average molecular weight is 411 g/mol. The van der Waals surface area contributed by atoms with Gasteiger partial charge in [-0.1, -0.05) is 0 Å². The summed E-state index contributed by atoms with van der Waals surface area (Å²) in [4.78, 5) is 0. The molecule has 0 N–H and O–H groups in total. The molecule has 0 aromatic rings. The monoisotopic (exact) mass is 409 g/mol. The number of hydrogen-bond acceptors (Lipinski definition) is 0. The van der Waals surface area contributed by atoms with E-state index in [1.807, 2.05) is 5.20 Å². The quantitative estimate of drug-likeness (QED) is 0.408. The van der Waals surface area contributed by atoms with E-state index in [0.717, 1.165) is 0 Å². The Labute approximate surface area is 150 Å². The standard InChI is InChI=1S/C12H25Si3.3ClH.V/c1-11-8-9-12(10-11)13(14(2,3)4)15(5,6)7;;;;/h9,13H,8H2,1-7H3;3*1H;/q;;;;+3/p-3. The van der Waals surface area contributed by atoms with Crippen molar-refractivity contribution in [1.29, 1.82) is 0 Å². The molecular formula is C12H25Cl3Si3V. The Morgan fingerprint density at radius 3 is 1.53 bits per heavy atom.